The zero-order valence-corrected chi connectivity index (χ0v) is 13.0. The number of carbonyl (C=O) groups excluding carboxylic acids is 1. The van der Waals surface area contributed by atoms with E-state index in [2.05, 4.69) is 5.32 Å². The highest BCUT2D eigenvalue weighted by Gasteiger charge is 2.45. The van der Waals surface area contributed by atoms with E-state index in [1.165, 1.54) is 0 Å². The average molecular weight is 285 g/mol. The Hall–Kier alpha value is -1.26. The van der Waals surface area contributed by atoms with Gasteiger partial charge >= 0.3 is 12.1 Å². The maximum Gasteiger partial charge on any atom is 0.407 e. The molecule has 0 spiro atoms. The van der Waals surface area contributed by atoms with E-state index in [0.717, 1.165) is 25.7 Å². The van der Waals surface area contributed by atoms with Crippen LogP contribution in [-0.4, -0.2) is 29.3 Å². The quantitative estimate of drug-likeness (QED) is 0.813. The molecule has 0 heterocycles. The molecule has 0 saturated heterocycles. The average Bonchev–Trinajstić information content (AvgIpc) is 2.81. The number of amides is 1. The Morgan fingerprint density at radius 3 is 2.20 bits per heavy atom. The fraction of sp³-hybridized carbons (Fsp3) is 0.867. The van der Waals surface area contributed by atoms with Gasteiger partial charge in [-0.05, 0) is 46.0 Å². The number of aliphatic carboxylic acids is 1. The summed E-state index contributed by atoms with van der Waals surface area (Å²) in [7, 11) is 0. The molecule has 1 amide bonds. The molecule has 1 saturated carbocycles. The SMILES string of the molecule is CCC(CNC(=O)OC(C)(C)C)(C(=O)O)C1CCCC1. The Balaban J connectivity index is 2.71. The lowest BCUT2D eigenvalue weighted by atomic mass is 9.72. The van der Waals surface area contributed by atoms with Crippen LogP contribution in [0.1, 0.15) is 59.8 Å². The molecule has 0 aliphatic heterocycles. The van der Waals surface area contributed by atoms with Gasteiger partial charge in [0.1, 0.15) is 5.60 Å². The highest BCUT2D eigenvalue weighted by Crippen LogP contribution is 2.42. The second-order valence-corrected chi connectivity index (χ2v) is 6.65. The first-order valence-corrected chi connectivity index (χ1v) is 7.41. The fourth-order valence-corrected chi connectivity index (χ4v) is 2.98. The van der Waals surface area contributed by atoms with Crippen molar-refractivity contribution in [2.45, 2.75) is 65.4 Å². The molecule has 20 heavy (non-hydrogen) atoms. The highest BCUT2D eigenvalue weighted by molar-refractivity contribution is 5.77. The van der Waals surface area contributed by atoms with Gasteiger partial charge in [0.2, 0.25) is 0 Å². The zero-order chi connectivity index (χ0) is 15.4. The summed E-state index contributed by atoms with van der Waals surface area (Å²) in [5, 5.41) is 12.3. The van der Waals surface area contributed by atoms with Gasteiger partial charge in [-0.25, -0.2) is 4.79 Å². The Kier molecular flexibility index (Phi) is 5.42. The van der Waals surface area contributed by atoms with Crippen LogP contribution in [0.5, 0.6) is 0 Å². The second kappa shape index (κ2) is 6.46. The molecule has 0 radical (unpaired) electrons. The second-order valence-electron chi connectivity index (χ2n) is 6.65. The van der Waals surface area contributed by atoms with E-state index in [9.17, 15) is 14.7 Å². The van der Waals surface area contributed by atoms with Gasteiger partial charge < -0.3 is 15.2 Å². The number of rotatable bonds is 5. The maximum atomic E-state index is 11.7. The van der Waals surface area contributed by atoms with Crippen molar-refractivity contribution in [2.24, 2.45) is 11.3 Å². The van der Waals surface area contributed by atoms with Crippen LogP contribution in [0.3, 0.4) is 0 Å². The molecule has 2 N–H and O–H groups in total. The molecule has 1 unspecified atom stereocenters. The van der Waals surface area contributed by atoms with Gasteiger partial charge in [-0.3, -0.25) is 4.79 Å². The number of carboxylic acids is 1. The van der Waals surface area contributed by atoms with Crippen molar-refractivity contribution in [3.8, 4) is 0 Å². The van der Waals surface area contributed by atoms with Crippen LogP contribution in [0.15, 0.2) is 0 Å². The first-order valence-electron chi connectivity index (χ1n) is 7.41. The number of carbonyl (C=O) groups is 2. The van der Waals surface area contributed by atoms with Crippen LogP contribution >= 0.6 is 0 Å². The topological polar surface area (TPSA) is 75.6 Å². The first kappa shape index (κ1) is 16.8. The third-order valence-electron chi connectivity index (χ3n) is 4.14. The van der Waals surface area contributed by atoms with Crippen molar-refractivity contribution in [3.63, 3.8) is 0 Å². The first-order chi connectivity index (χ1) is 9.21. The summed E-state index contributed by atoms with van der Waals surface area (Å²) in [5.74, 6) is -0.678. The van der Waals surface area contributed by atoms with Gasteiger partial charge in [-0.1, -0.05) is 19.8 Å². The molecule has 1 aliphatic carbocycles. The lowest BCUT2D eigenvalue weighted by molar-refractivity contribution is -0.152. The monoisotopic (exact) mass is 285 g/mol. The van der Waals surface area contributed by atoms with Crippen molar-refractivity contribution < 1.29 is 19.4 Å². The van der Waals surface area contributed by atoms with E-state index in [-0.39, 0.29) is 12.5 Å². The summed E-state index contributed by atoms with van der Waals surface area (Å²) in [5.41, 5.74) is -1.44. The van der Waals surface area contributed by atoms with E-state index in [1.807, 2.05) is 6.92 Å². The predicted molar refractivity (Wildman–Crippen MR) is 76.6 cm³/mol. The van der Waals surface area contributed by atoms with Crippen molar-refractivity contribution in [1.82, 2.24) is 5.32 Å². The molecule has 1 rings (SSSR count). The summed E-state index contributed by atoms with van der Waals surface area (Å²) in [6.07, 6.45) is 3.97. The van der Waals surface area contributed by atoms with Crippen LogP contribution in [0.25, 0.3) is 0 Å². The normalized spacial score (nSPS) is 19.4. The minimum Gasteiger partial charge on any atom is -0.481 e. The maximum absolute atomic E-state index is 11.7. The van der Waals surface area contributed by atoms with E-state index in [4.69, 9.17) is 4.74 Å². The van der Waals surface area contributed by atoms with Crippen molar-refractivity contribution in [1.29, 1.82) is 0 Å². The molecule has 5 heteroatoms. The molecule has 0 aromatic carbocycles. The Bertz CT molecular complexity index is 355. The number of hydrogen-bond donors (Lipinski definition) is 2. The summed E-state index contributed by atoms with van der Waals surface area (Å²) in [6, 6.07) is 0. The predicted octanol–water partition coefficient (Wildman–Crippen LogP) is 3.18. The van der Waals surface area contributed by atoms with Crippen LogP contribution in [0, 0.1) is 11.3 Å². The number of ether oxygens (including phenoxy) is 1. The number of nitrogens with one attached hydrogen (secondary N) is 1. The highest BCUT2D eigenvalue weighted by atomic mass is 16.6. The number of hydrogen-bond acceptors (Lipinski definition) is 3. The van der Waals surface area contributed by atoms with Crippen molar-refractivity contribution >= 4 is 12.1 Å². The van der Waals surface area contributed by atoms with Crippen molar-refractivity contribution in [3.05, 3.63) is 0 Å². The van der Waals surface area contributed by atoms with E-state index >= 15 is 0 Å². The minimum absolute atomic E-state index is 0.137. The lowest BCUT2D eigenvalue weighted by Gasteiger charge is -2.34. The van der Waals surface area contributed by atoms with Crippen LogP contribution in [-0.2, 0) is 9.53 Å². The molecule has 1 atom stereocenters. The Morgan fingerprint density at radius 2 is 1.80 bits per heavy atom. The van der Waals surface area contributed by atoms with Gasteiger partial charge in [-0.15, -0.1) is 0 Å². The van der Waals surface area contributed by atoms with E-state index in [1.54, 1.807) is 20.8 Å². The summed E-state index contributed by atoms with van der Waals surface area (Å²) >= 11 is 0. The van der Waals surface area contributed by atoms with E-state index in [0.29, 0.717) is 6.42 Å². The van der Waals surface area contributed by atoms with Gasteiger partial charge in [-0.2, -0.15) is 0 Å². The van der Waals surface area contributed by atoms with Gasteiger partial charge in [0, 0.05) is 6.54 Å². The number of carboxylic acid groups (broad SMARTS) is 1. The van der Waals surface area contributed by atoms with Crippen LogP contribution in [0.4, 0.5) is 4.79 Å². The minimum atomic E-state index is -0.868. The molecule has 5 nitrogen and oxygen atoms in total. The molecule has 1 aliphatic rings. The lowest BCUT2D eigenvalue weighted by Crippen LogP contribution is -2.48. The molecule has 1 fully saturated rings. The van der Waals surface area contributed by atoms with Crippen molar-refractivity contribution in [2.75, 3.05) is 6.54 Å². The van der Waals surface area contributed by atoms with Gasteiger partial charge in [0.15, 0.2) is 0 Å². The molecule has 0 aromatic heterocycles. The third kappa shape index (κ3) is 4.12. The molecule has 116 valence electrons. The smallest absolute Gasteiger partial charge is 0.407 e. The van der Waals surface area contributed by atoms with Crippen LogP contribution in [0.2, 0.25) is 0 Å². The molecular formula is C15H27NO4. The van der Waals surface area contributed by atoms with E-state index < -0.39 is 23.1 Å². The fourth-order valence-electron chi connectivity index (χ4n) is 2.98. The summed E-state index contributed by atoms with van der Waals surface area (Å²) in [6.45, 7) is 7.37. The Morgan fingerprint density at radius 1 is 1.25 bits per heavy atom. The summed E-state index contributed by atoms with van der Waals surface area (Å²) < 4.78 is 5.18. The zero-order valence-electron chi connectivity index (χ0n) is 13.0. The van der Waals surface area contributed by atoms with Gasteiger partial charge in [0.05, 0.1) is 5.41 Å². The molecule has 0 bridgehead atoms. The molecular weight excluding hydrogens is 258 g/mol. The Labute approximate surface area is 121 Å². The van der Waals surface area contributed by atoms with Crippen LogP contribution < -0.4 is 5.32 Å². The van der Waals surface area contributed by atoms with Gasteiger partial charge in [0.25, 0.3) is 0 Å². The third-order valence-corrected chi connectivity index (χ3v) is 4.14. The molecule has 0 aromatic rings. The summed E-state index contributed by atoms with van der Waals surface area (Å²) in [4.78, 5) is 23.5. The number of alkyl carbamates (subject to hydrolysis) is 1. The standard InChI is InChI=1S/C15H27NO4/c1-5-15(12(17)18,11-8-6-7-9-11)10-16-13(19)20-14(2,3)4/h11H,5-10H2,1-4H3,(H,16,19)(H,17,18). The largest absolute Gasteiger partial charge is 0.481 e.